The summed E-state index contributed by atoms with van der Waals surface area (Å²) in [6, 6.07) is 62.8. The summed E-state index contributed by atoms with van der Waals surface area (Å²) in [6.07, 6.45) is 0. The molecule has 0 aliphatic rings. The number of benzene rings is 8. The van der Waals surface area contributed by atoms with E-state index >= 15 is 0 Å². The van der Waals surface area contributed by atoms with E-state index < -0.39 is 0 Å². The molecule has 216 valence electrons. The van der Waals surface area contributed by atoms with Crippen molar-refractivity contribution in [1.29, 1.82) is 0 Å². The van der Waals surface area contributed by atoms with E-state index in [1.807, 2.05) is 12.1 Å². The molecule has 1 heterocycles. The molecule has 2 nitrogen and oxygen atoms in total. The van der Waals surface area contributed by atoms with Gasteiger partial charge in [0.05, 0.1) is 0 Å². The van der Waals surface area contributed by atoms with Crippen LogP contribution in [0.2, 0.25) is 0 Å². The topological polar surface area (TPSA) is 16.4 Å². The van der Waals surface area contributed by atoms with Gasteiger partial charge in [-0.1, -0.05) is 127 Å². The largest absolute Gasteiger partial charge is 0.456 e. The van der Waals surface area contributed by atoms with E-state index in [9.17, 15) is 0 Å². The lowest BCUT2D eigenvalue weighted by molar-refractivity contribution is 0.669. The van der Waals surface area contributed by atoms with Crippen LogP contribution in [0, 0.1) is 0 Å². The van der Waals surface area contributed by atoms with Gasteiger partial charge in [0.1, 0.15) is 11.2 Å². The molecule has 0 fully saturated rings. The maximum atomic E-state index is 6.17. The van der Waals surface area contributed by atoms with E-state index in [0.29, 0.717) is 0 Å². The summed E-state index contributed by atoms with van der Waals surface area (Å²) in [6.45, 7) is 0. The Bertz CT molecular complexity index is 2530. The van der Waals surface area contributed by atoms with Crippen LogP contribution in [-0.4, -0.2) is 0 Å². The van der Waals surface area contributed by atoms with E-state index in [4.69, 9.17) is 4.42 Å². The van der Waals surface area contributed by atoms with Gasteiger partial charge in [0.25, 0.3) is 0 Å². The highest BCUT2D eigenvalue weighted by molar-refractivity contribution is 6.07. The van der Waals surface area contributed by atoms with Gasteiger partial charge in [-0.25, -0.2) is 0 Å². The maximum Gasteiger partial charge on any atom is 0.135 e. The molecular formula is C44H29NO. The van der Waals surface area contributed by atoms with Crippen LogP contribution >= 0.6 is 0 Å². The zero-order valence-electron chi connectivity index (χ0n) is 25.1. The van der Waals surface area contributed by atoms with Crippen molar-refractivity contribution in [2.75, 3.05) is 4.90 Å². The first-order valence-electron chi connectivity index (χ1n) is 15.7. The third-order valence-corrected chi connectivity index (χ3v) is 9.05. The fourth-order valence-electron chi connectivity index (χ4n) is 6.84. The Hall–Kier alpha value is -6.12. The molecule has 0 aliphatic heterocycles. The molecule has 46 heavy (non-hydrogen) atoms. The summed E-state index contributed by atoms with van der Waals surface area (Å²) in [7, 11) is 0. The Morgan fingerprint density at radius 3 is 1.67 bits per heavy atom. The molecule has 0 saturated carbocycles. The average Bonchev–Trinajstić information content (AvgIpc) is 3.50. The monoisotopic (exact) mass is 587 g/mol. The Morgan fingerprint density at radius 2 is 0.891 bits per heavy atom. The minimum atomic E-state index is 0.893. The molecule has 8 aromatic carbocycles. The molecule has 0 N–H and O–H groups in total. The first-order valence-corrected chi connectivity index (χ1v) is 15.7. The van der Waals surface area contributed by atoms with E-state index in [2.05, 4.69) is 169 Å². The number of hydrogen-bond donors (Lipinski definition) is 0. The zero-order chi connectivity index (χ0) is 30.5. The fraction of sp³-hybridized carbons (Fsp3) is 0. The molecule has 9 aromatic rings. The van der Waals surface area contributed by atoms with Gasteiger partial charge in [0.2, 0.25) is 0 Å². The van der Waals surface area contributed by atoms with E-state index in [-0.39, 0.29) is 0 Å². The highest BCUT2D eigenvalue weighted by atomic mass is 16.3. The van der Waals surface area contributed by atoms with Gasteiger partial charge in [-0.15, -0.1) is 0 Å². The van der Waals surface area contributed by atoms with Gasteiger partial charge < -0.3 is 9.32 Å². The minimum absolute atomic E-state index is 0.893. The molecule has 0 amide bonds. The Kier molecular flexibility index (Phi) is 6.17. The Labute approximate surface area is 267 Å². The number of para-hydroxylation sites is 1. The van der Waals surface area contributed by atoms with Gasteiger partial charge >= 0.3 is 0 Å². The standard InChI is InChI=1S/C44H29NO/c1-2-11-31(12-3-1)37-15-8-18-40-38(16-9-17-39(37)40)32-21-23-34(24-22-32)45(35-25-20-30-10-4-5-13-33(30)28-35)36-26-27-44-42(29-36)41-14-6-7-19-43(41)46-44/h1-29H. The Morgan fingerprint density at radius 1 is 0.326 bits per heavy atom. The first-order chi connectivity index (χ1) is 22.8. The summed E-state index contributed by atoms with van der Waals surface area (Å²) in [5.74, 6) is 0. The van der Waals surface area contributed by atoms with Crippen molar-refractivity contribution < 1.29 is 4.42 Å². The normalized spacial score (nSPS) is 11.5. The van der Waals surface area contributed by atoms with Crippen LogP contribution in [0.15, 0.2) is 180 Å². The maximum absolute atomic E-state index is 6.17. The first kappa shape index (κ1) is 26.3. The predicted octanol–water partition coefficient (Wildman–Crippen LogP) is 12.7. The number of fused-ring (bicyclic) bond motifs is 5. The zero-order valence-corrected chi connectivity index (χ0v) is 25.1. The van der Waals surface area contributed by atoms with Gasteiger partial charge in [-0.2, -0.15) is 0 Å². The van der Waals surface area contributed by atoms with Gasteiger partial charge in [-0.3, -0.25) is 0 Å². The number of furan rings is 1. The lowest BCUT2D eigenvalue weighted by Crippen LogP contribution is -2.09. The van der Waals surface area contributed by atoms with Crippen molar-refractivity contribution >= 4 is 60.5 Å². The van der Waals surface area contributed by atoms with Crippen LogP contribution in [0.4, 0.5) is 17.1 Å². The third-order valence-electron chi connectivity index (χ3n) is 9.05. The van der Waals surface area contributed by atoms with Crippen LogP contribution < -0.4 is 4.90 Å². The van der Waals surface area contributed by atoms with E-state index in [0.717, 1.165) is 39.0 Å². The summed E-state index contributed by atoms with van der Waals surface area (Å²) in [4.78, 5) is 2.34. The molecular weight excluding hydrogens is 558 g/mol. The van der Waals surface area contributed by atoms with Crippen LogP contribution in [-0.2, 0) is 0 Å². The van der Waals surface area contributed by atoms with E-state index in [1.54, 1.807) is 0 Å². The van der Waals surface area contributed by atoms with Crippen molar-refractivity contribution in [1.82, 2.24) is 0 Å². The molecule has 0 bridgehead atoms. The lowest BCUT2D eigenvalue weighted by Gasteiger charge is -2.26. The SMILES string of the molecule is c1ccc(-c2cccc3c(-c4ccc(N(c5ccc6ccccc6c5)c5ccc6oc7ccccc7c6c5)cc4)cccc23)cc1. The van der Waals surface area contributed by atoms with Crippen molar-refractivity contribution in [3.63, 3.8) is 0 Å². The quantitative estimate of drug-likeness (QED) is 0.199. The predicted molar refractivity (Wildman–Crippen MR) is 194 cm³/mol. The average molecular weight is 588 g/mol. The molecule has 0 saturated heterocycles. The molecule has 9 rings (SSSR count). The molecule has 0 unspecified atom stereocenters. The van der Waals surface area contributed by atoms with Crippen molar-refractivity contribution in [2.45, 2.75) is 0 Å². The number of rotatable bonds is 5. The number of anilines is 3. The lowest BCUT2D eigenvalue weighted by atomic mass is 9.93. The van der Waals surface area contributed by atoms with Crippen LogP contribution in [0.1, 0.15) is 0 Å². The van der Waals surface area contributed by atoms with Crippen LogP contribution in [0.3, 0.4) is 0 Å². The van der Waals surface area contributed by atoms with Crippen LogP contribution in [0.5, 0.6) is 0 Å². The summed E-state index contributed by atoms with van der Waals surface area (Å²) < 4.78 is 6.17. The fourth-order valence-corrected chi connectivity index (χ4v) is 6.84. The summed E-state index contributed by atoms with van der Waals surface area (Å²) in [5.41, 5.74) is 9.98. The van der Waals surface area contributed by atoms with Gasteiger partial charge in [0.15, 0.2) is 0 Å². The van der Waals surface area contributed by atoms with Crippen molar-refractivity contribution in [2.24, 2.45) is 0 Å². The van der Waals surface area contributed by atoms with Gasteiger partial charge in [0, 0.05) is 27.8 Å². The second kappa shape index (κ2) is 10.8. The highest BCUT2D eigenvalue weighted by Gasteiger charge is 2.17. The van der Waals surface area contributed by atoms with Gasteiger partial charge in [-0.05, 0) is 92.3 Å². The molecule has 0 spiro atoms. The van der Waals surface area contributed by atoms with E-state index in [1.165, 1.54) is 43.8 Å². The molecule has 0 aliphatic carbocycles. The molecule has 2 heteroatoms. The molecule has 1 aromatic heterocycles. The van der Waals surface area contributed by atoms with Crippen molar-refractivity contribution in [3.05, 3.63) is 176 Å². The minimum Gasteiger partial charge on any atom is -0.456 e. The number of nitrogens with zero attached hydrogens (tertiary/aromatic N) is 1. The van der Waals surface area contributed by atoms with Crippen molar-refractivity contribution in [3.8, 4) is 22.3 Å². The summed E-state index contributed by atoms with van der Waals surface area (Å²) in [5, 5.41) is 7.18. The second-order valence-corrected chi connectivity index (χ2v) is 11.8. The number of hydrogen-bond acceptors (Lipinski definition) is 2. The summed E-state index contributed by atoms with van der Waals surface area (Å²) >= 11 is 0. The smallest absolute Gasteiger partial charge is 0.135 e. The van der Waals surface area contributed by atoms with Crippen LogP contribution in [0.25, 0.3) is 65.7 Å². The third kappa shape index (κ3) is 4.43. The second-order valence-electron chi connectivity index (χ2n) is 11.8. The highest BCUT2D eigenvalue weighted by Crippen LogP contribution is 2.41. The molecule has 0 atom stereocenters. The molecule has 0 radical (unpaired) electrons. The Balaban J connectivity index is 1.18.